The van der Waals surface area contributed by atoms with E-state index >= 15 is 0 Å². The van der Waals surface area contributed by atoms with Gasteiger partial charge >= 0.3 is 6.03 Å². The number of hydroxylamine groups is 1. The number of fused-ring (bicyclic) bond motifs is 1. The average molecular weight is 410 g/mol. The quantitative estimate of drug-likeness (QED) is 0.495. The molecule has 27 heavy (non-hydrogen) atoms. The smallest absolute Gasteiger partial charge is 0.317 e. The first kappa shape index (κ1) is 19.9. The maximum absolute atomic E-state index is 12.5. The van der Waals surface area contributed by atoms with Crippen LogP contribution in [0.25, 0.3) is 10.1 Å². The maximum atomic E-state index is 12.5. The number of halogens is 1. The summed E-state index contributed by atoms with van der Waals surface area (Å²) in [5, 5.41) is 15.4. The van der Waals surface area contributed by atoms with Crippen LogP contribution in [0.3, 0.4) is 0 Å². The summed E-state index contributed by atoms with van der Waals surface area (Å²) in [4.78, 5) is 25.4. The standard InChI is InChI=1S/C19H24ClN3O3S/c20-15-4-5-17-16(10-15)14(12-27-17)11-21-19(25)23-8-6-13(7-9-23)2-1-3-18(24)22-26/h4-5,10,12-13,26H,1-3,6-9,11H2,(H,21,25)(H,22,24). The van der Waals surface area contributed by atoms with E-state index in [1.54, 1.807) is 16.8 Å². The minimum Gasteiger partial charge on any atom is -0.334 e. The van der Waals surface area contributed by atoms with Gasteiger partial charge in [-0.15, -0.1) is 11.3 Å². The van der Waals surface area contributed by atoms with Gasteiger partial charge in [0.05, 0.1) is 0 Å². The molecule has 3 rings (SSSR count). The van der Waals surface area contributed by atoms with E-state index in [0.29, 0.717) is 23.9 Å². The van der Waals surface area contributed by atoms with Crippen LogP contribution in [0.4, 0.5) is 4.79 Å². The molecule has 6 nitrogen and oxygen atoms in total. The maximum Gasteiger partial charge on any atom is 0.317 e. The van der Waals surface area contributed by atoms with E-state index in [1.165, 1.54) is 4.70 Å². The van der Waals surface area contributed by atoms with Crippen LogP contribution >= 0.6 is 22.9 Å². The Bertz CT molecular complexity index is 803. The summed E-state index contributed by atoms with van der Waals surface area (Å²) in [7, 11) is 0. The number of piperidine rings is 1. The van der Waals surface area contributed by atoms with E-state index in [9.17, 15) is 9.59 Å². The summed E-state index contributed by atoms with van der Waals surface area (Å²) in [5.74, 6) is 0.192. The van der Waals surface area contributed by atoms with Crippen LogP contribution in [0.2, 0.25) is 5.02 Å². The molecular formula is C19H24ClN3O3S. The van der Waals surface area contributed by atoms with Crippen molar-refractivity contribution >= 4 is 45.0 Å². The molecule has 1 aliphatic rings. The van der Waals surface area contributed by atoms with Gasteiger partial charge in [0.25, 0.3) is 0 Å². The number of rotatable bonds is 6. The number of hydrogen-bond acceptors (Lipinski definition) is 4. The highest BCUT2D eigenvalue weighted by Gasteiger charge is 2.22. The fraction of sp³-hybridized carbons (Fsp3) is 0.474. The van der Waals surface area contributed by atoms with Crippen LogP contribution in [0, 0.1) is 5.92 Å². The van der Waals surface area contributed by atoms with E-state index in [4.69, 9.17) is 16.8 Å². The summed E-state index contributed by atoms with van der Waals surface area (Å²) in [6.45, 7) is 1.97. The number of thiophene rings is 1. The largest absolute Gasteiger partial charge is 0.334 e. The van der Waals surface area contributed by atoms with Crippen LogP contribution in [-0.4, -0.2) is 35.1 Å². The van der Waals surface area contributed by atoms with Gasteiger partial charge in [0, 0.05) is 35.8 Å². The molecule has 3 N–H and O–H groups in total. The lowest BCUT2D eigenvalue weighted by molar-refractivity contribution is -0.129. The number of carbonyl (C=O) groups is 2. The van der Waals surface area contributed by atoms with Crippen LogP contribution in [-0.2, 0) is 11.3 Å². The summed E-state index contributed by atoms with van der Waals surface area (Å²) < 4.78 is 1.17. The molecule has 0 atom stereocenters. The highest BCUT2D eigenvalue weighted by atomic mass is 35.5. The van der Waals surface area contributed by atoms with E-state index in [2.05, 4.69) is 10.7 Å². The van der Waals surface area contributed by atoms with Gasteiger partial charge in [0.15, 0.2) is 0 Å². The van der Waals surface area contributed by atoms with Gasteiger partial charge in [0.1, 0.15) is 0 Å². The summed E-state index contributed by atoms with van der Waals surface area (Å²) >= 11 is 7.74. The molecule has 0 saturated carbocycles. The Morgan fingerprint density at radius 1 is 1.30 bits per heavy atom. The Morgan fingerprint density at radius 2 is 2.07 bits per heavy atom. The molecule has 1 fully saturated rings. The first-order chi connectivity index (χ1) is 13.1. The molecular weight excluding hydrogens is 386 g/mol. The summed E-state index contributed by atoms with van der Waals surface area (Å²) in [5.41, 5.74) is 2.74. The Balaban J connectivity index is 1.43. The van der Waals surface area contributed by atoms with Gasteiger partial charge in [0.2, 0.25) is 5.91 Å². The molecule has 0 aliphatic carbocycles. The minimum atomic E-state index is -0.339. The Morgan fingerprint density at radius 3 is 2.81 bits per heavy atom. The molecule has 146 valence electrons. The third-order valence-electron chi connectivity index (χ3n) is 5.09. The van der Waals surface area contributed by atoms with Crippen molar-refractivity contribution in [1.82, 2.24) is 15.7 Å². The highest BCUT2D eigenvalue weighted by molar-refractivity contribution is 7.17. The number of likely N-dealkylation sites (tertiary alicyclic amines) is 1. The van der Waals surface area contributed by atoms with Crippen molar-refractivity contribution in [1.29, 1.82) is 0 Å². The topological polar surface area (TPSA) is 81.7 Å². The fourth-order valence-corrected chi connectivity index (χ4v) is 4.62. The number of benzene rings is 1. The lowest BCUT2D eigenvalue weighted by Gasteiger charge is -2.32. The summed E-state index contributed by atoms with van der Waals surface area (Å²) in [6, 6.07) is 5.79. The molecule has 0 unspecified atom stereocenters. The average Bonchev–Trinajstić information content (AvgIpc) is 3.08. The van der Waals surface area contributed by atoms with E-state index in [1.807, 2.05) is 23.1 Å². The fourth-order valence-electron chi connectivity index (χ4n) is 3.51. The molecule has 1 saturated heterocycles. The molecule has 0 bridgehead atoms. The highest BCUT2D eigenvalue weighted by Crippen LogP contribution is 2.28. The van der Waals surface area contributed by atoms with E-state index < -0.39 is 0 Å². The third-order valence-corrected chi connectivity index (χ3v) is 6.34. The molecule has 2 heterocycles. The van der Waals surface area contributed by atoms with Gasteiger partial charge in [-0.05, 0) is 66.1 Å². The monoisotopic (exact) mass is 409 g/mol. The van der Waals surface area contributed by atoms with Gasteiger partial charge in [-0.1, -0.05) is 11.6 Å². The number of nitrogens with zero attached hydrogens (tertiary/aromatic N) is 1. The van der Waals surface area contributed by atoms with Crippen LogP contribution in [0.5, 0.6) is 0 Å². The Kier molecular flexibility index (Phi) is 6.93. The first-order valence-electron chi connectivity index (χ1n) is 9.18. The second-order valence-electron chi connectivity index (χ2n) is 6.92. The Hall–Kier alpha value is -1.83. The van der Waals surface area contributed by atoms with Gasteiger partial charge in [-0.25, -0.2) is 10.3 Å². The number of nitrogens with one attached hydrogen (secondary N) is 2. The first-order valence-corrected chi connectivity index (χ1v) is 10.4. The zero-order valence-corrected chi connectivity index (χ0v) is 16.6. The molecule has 3 amide bonds. The second kappa shape index (κ2) is 9.39. The zero-order valence-electron chi connectivity index (χ0n) is 15.0. The van der Waals surface area contributed by atoms with Crippen molar-refractivity contribution in [2.24, 2.45) is 5.92 Å². The molecule has 1 aliphatic heterocycles. The minimum absolute atomic E-state index is 0.0329. The van der Waals surface area contributed by atoms with E-state index in [0.717, 1.165) is 49.7 Å². The lowest BCUT2D eigenvalue weighted by Crippen LogP contribution is -2.44. The molecule has 1 aromatic carbocycles. The number of carbonyl (C=O) groups excluding carboxylic acids is 2. The van der Waals surface area contributed by atoms with Crippen LogP contribution in [0.1, 0.15) is 37.7 Å². The van der Waals surface area contributed by atoms with Crippen molar-refractivity contribution in [3.8, 4) is 0 Å². The summed E-state index contributed by atoms with van der Waals surface area (Å²) in [6.07, 6.45) is 3.95. The third kappa shape index (κ3) is 5.34. The van der Waals surface area contributed by atoms with Crippen molar-refractivity contribution in [2.45, 2.75) is 38.6 Å². The van der Waals surface area contributed by atoms with Crippen molar-refractivity contribution in [3.05, 3.63) is 34.2 Å². The molecule has 1 aromatic heterocycles. The van der Waals surface area contributed by atoms with Crippen molar-refractivity contribution in [2.75, 3.05) is 13.1 Å². The predicted molar refractivity (Wildman–Crippen MR) is 107 cm³/mol. The normalized spacial score (nSPS) is 15.1. The SMILES string of the molecule is O=C(CCCC1CCN(C(=O)NCc2csc3ccc(Cl)cc23)CC1)NO. The number of amides is 3. The molecule has 0 spiro atoms. The Labute approximate surface area is 167 Å². The van der Waals surface area contributed by atoms with Gasteiger partial charge in [-0.3, -0.25) is 10.0 Å². The van der Waals surface area contributed by atoms with Crippen molar-refractivity contribution < 1.29 is 14.8 Å². The van der Waals surface area contributed by atoms with Crippen LogP contribution in [0.15, 0.2) is 23.6 Å². The van der Waals surface area contributed by atoms with Crippen molar-refractivity contribution in [3.63, 3.8) is 0 Å². The molecule has 0 radical (unpaired) electrons. The van der Waals surface area contributed by atoms with Gasteiger partial charge in [-0.2, -0.15) is 0 Å². The number of hydrogen-bond donors (Lipinski definition) is 3. The van der Waals surface area contributed by atoms with E-state index in [-0.39, 0.29) is 11.9 Å². The molecule has 2 aromatic rings. The predicted octanol–water partition coefficient (Wildman–Crippen LogP) is 4.15. The number of urea groups is 1. The van der Waals surface area contributed by atoms with Crippen LogP contribution < -0.4 is 10.8 Å². The van der Waals surface area contributed by atoms with Gasteiger partial charge < -0.3 is 10.2 Å². The molecule has 8 heteroatoms. The zero-order chi connectivity index (χ0) is 19.2. The second-order valence-corrected chi connectivity index (χ2v) is 8.27. The lowest BCUT2D eigenvalue weighted by atomic mass is 9.91.